The molecule has 0 fully saturated rings. The average Bonchev–Trinajstić information content (AvgIpc) is 1.46. The van der Waals surface area contributed by atoms with E-state index in [0.29, 0.717) is 0 Å². The molecule has 0 saturated heterocycles. The maximum absolute atomic E-state index is 3.36. The third-order valence-electron chi connectivity index (χ3n) is 0. The van der Waals surface area contributed by atoms with Crippen LogP contribution in [0.2, 0.25) is 0 Å². The van der Waals surface area contributed by atoms with Gasteiger partial charge in [-0.3, -0.25) is 0 Å². The first-order valence-electron chi connectivity index (χ1n) is 1.99. The Balaban J connectivity index is -0.0000000275. The topological polar surface area (TPSA) is 35.0 Å². The van der Waals surface area contributed by atoms with Crippen molar-refractivity contribution >= 4 is 0 Å². The fraction of sp³-hybridized carbons (Fsp3) is 0.600. The second kappa shape index (κ2) is 131. The molecule has 40 valence electrons. The minimum absolute atomic E-state index is 0. The van der Waals surface area contributed by atoms with Crippen LogP contribution in [0.1, 0.15) is 20.8 Å². The summed E-state index contributed by atoms with van der Waals surface area (Å²) in [7, 11) is 0. The lowest BCUT2D eigenvalue weighted by molar-refractivity contribution is 1.50. The number of allylic oxidation sites excluding steroid dienone is 1. The van der Waals surface area contributed by atoms with Crippen LogP contribution in [-0.2, 0) is 0 Å². The Morgan fingerprint density at radius 2 is 1.33 bits per heavy atom. The molecule has 0 aromatic heterocycles. The Morgan fingerprint density at radius 3 is 1.33 bits per heavy atom. The summed E-state index contributed by atoms with van der Waals surface area (Å²) in [5.74, 6) is 0. The predicted octanol–water partition coefficient (Wildman–Crippen LogP) is 2.38. The van der Waals surface area contributed by atoms with E-state index in [-0.39, 0.29) is 6.15 Å². The van der Waals surface area contributed by atoms with Gasteiger partial charge in [-0.1, -0.05) is 19.9 Å². The van der Waals surface area contributed by atoms with Crippen LogP contribution in [0.25, 0.3) is 0 Å². The normalized spacial score (nSPS) is 3.17. The summed E-state index contributed by atoms with van der Waals surface area (Å²) in [4.78, 5) is 0. The van der Waals surface area contributed by atoms with Crippen molar-refractivity contribution in [2.75, 3.05) is 0 Å². The molecule has 0 unspecified atom stereocenters. The second-order valence-corrected chi connectivity index (χ2v) is 0.408. The monoisotopic (exact) mass is 89.1 g/mol. The number of hydrogen-bond acceptors (Lipinski definition) is 1. The third-order valence-corrected chi connectivity index (χ3v) is 0. The molecule has 0 aliphatic heterocycles. The van der Waals surface area contributed by atoms with Crippen LogP contribution in [0, 0.1) is 0 Å². The zero-order chi connectivity index (χ0) is 4.71. The fourth-order valence-corrected chi connectivity index (χ4v) is 0. The first-order valence-corrected chi connectivity index (χ1v) is 1.99. The minimum atomic E-state index is 0. The lowest BCUT2D eigenvalue weighted by Crippen LogP contribution is -1.07. The summed E-state index contributed by atoms with van der Waals surface area (Å²) in [6.07, 6.45) is 1.75. The van der Waals surface area contributed by atoms with E-state index in [1.54, 1.807) is 6.08 Å². The molecule has 3 N–H and O–H groups in total. The van der Waals surface area contributed by atoms with Crippen LogP contribution < -0.4 is 6.15 Å². The van der Waals surface area contributed by atoms with Crippen LogP contribution in [0.15, 0.2) is 12.7 Å². The maximum atomic E-state index is 3.36. The van der Waals surface area contributed by atoms with Gasteiger partial charge < -0.3 is 6.15 Å². The molecule has 1 heteroatoms. The molecule has 0 atom stereocenters. The summed E-state index contributed by atoms with van der Waals surface area (Å²) in [6, 6.07) is 0. The van der Waals surface area contributed by atoms with Gasteiger partial charge in [0.15, 0.2) is 0 Å². The molecule has 0 heterocycles. The van der Waals surface area contributed by atoms with E-state index in [1.165, 1.54) is 0 Å². The van der Waals surface area contributed by atoms with Crippen LogP contribution >= 0.6 is 0 Å². The Hall–Kier alpha value is -0.300. The van der Waals surface area contributed by atoms with Crippen molar-refractivity contribution in [3.05, 3.63) is 12.7 Å². The second-order valence-electron chi connectivity index (χ2n) is 0.408. The van der Waals surface area contributed by atoms with E-state index >= 15 is 0 Å². The number of rotatable bonds is 0. The first kappa shape index (κ1) is 17.3. The summed E-state index contributed by atoms with van der Waals surface area (Å²) < 4.78 is 0. The quantitative estimate of drug-likeness (QED) is 0.454. The molecule has 0 saturated carbocycles. The van der Waals surface area contributed by atoms with Gasteiger partial charge in [0.2, 0.25) is 0 Å². The predicted molar refractivity (Wildman–Crippen MR) is 32.2 cm³/mol. The SMILES string of the molecule is C=CC.CC.N. The molecule has 0 spiro atoms. The summed E-state index contributed by atoms with van der Waals surface area (Å²) in [6.45, 7) is 9.25. The van der Waals surface area contributed by atoms with E-state index in [1.807, 2.05) is 20.8 Å². The molecular weight excluding hydrogens is 74.1 g/mol. The van der Waals surface area contributed by atoms with Gasteiger partial charge in [-0.15, -0.1) is 6.58 Å². The van der Waals surface area contributed by atoms with Gasteiger partial charge in [0.25, 0.3) is 0 Å². The molecule has 1 nitrogen and oxygen atoms in total. The Kier molecular flexibility index (Phi) is 378. The molecule has 0 aliphatic carbocycles. The standard InChI is InChI=1S/C3H6.C2H6.H3N/c1-3-2;1-2;/h3H,1H2,2H3;1-2H3;1H3. The van der Waals surface area contributed by atoms with Gasteiger partial charge >= 0.3 is 0 Å². The third kappa shape index (κ3) is 300. The zero-order valence-corrected chi connectivity index (χ0v) is 4.99. The van der Waals surface area contributed by atoms with Crippen LogP contribution in [0.3, 0.4) is 0 Å². The molecule has 0 bridgehead atoms. The Labute approximate surface area is 40.7 Å². The van der Waals surface area contributed by atoms with Crippen molar-refractivity contribution in [1.29, 1.82) is 0 Å². The highest BCUT2D eigenvalue weighted by atomic mass is 14.0. The van der Waals surface area contributed by atoms with E-state index in [2.05, 4.69) is 6.58 Å². The Morgan fingerprint density at radius 1 is 1.33 bits per heavy atom. The highest BCUT2D eigenvalue weighted by Crippen LogP contribution is 1.38. The lowest BCUT2D eigenvalue weighted by Gasteiger charge is -1.31. The fourth-order valence-electron chi connectivity index (χ4n) is 0. The van der Waals surface area contributed by atoms with E-state index in [0.717, 1.165) is 0 Å². The van der Waals surface area contributed by atoms with E-state index in [9.17, 15) is 0 Å². The van der Waals surface area contributed by atoms with Gasteiger partial charge in [0.05, 0.1) is 0 Å². The van der Waals surface area contributed by atoms with Crippen molar-refractivity contribution in [3.63, 3.8) is 0 Å². The van der Waals surface area contributed by atoms with E-state index in [4.69, 9.17) is 0 Å². The van der Waals surface area contributed by atoms with Gasteiger partial charge in [-0.2, -0.15) is 0 Å². The van der Waals surface area contributed by atoms with Gasteiger partial charge in [-0.25, -0.2) is 0 Å². The van der Waals surface area contributed by atoms with Gasteiger partial charge in [0, 0.05) is 0 Å². The maximum Gasteiger partial charge on any atom is -0.0473 e. The van der Waals surface area contributed by atoms with Crippen molar-refractivity contribution in [3.8, 4) is 0 Å². The van der Waals surface area contributed by atoms with Crippen molar-refractivity contribution < 1.29 is 0 Å². The Bertz CT molecular complexity index is 11.4. The summed E-state index contributed by atoms with van der Waals surface area (Å²) in [5, 5.41) is 0. The molecule has 0 aromatic rings. The summed E-state index contributed by atoms with van der Waals surface area (Å²) >= 11 is 0. The minimum Gasteiger partial charge on any atom is -0.344 e. The average molecular weight is 89.2 g/mol. The van der Waals surface area contributed by atoms with Crippen molar-refractivity contribution in [1.82, 2.24) is 6.15 Å². The van der Waals surface area contributed by atoms with Gasteiger partial charge in [0.1, 0.15) is 0 Å². The first-order chi connectivity index (χ1) is 2.41. The highest BCUT2D eigenvalue weighted by molar-refractivity contribution is 4.51. The lowest BCUT2D eigenvalue weighted by atomic mass is 10.8. The van der Waals surface area contributed by atoms with Crippen LogP contribution in [0.5, 0.6) is 0 Å². The largest absolute Gasteiger partial charge is 0.344 e. The van der Waals surface area contributed by atoms with Crippen molar-refractivity contribution in [2.24, 2.45) is 0 Å². The molecule has 6 heavy (non-hydrogen) atoms. The van der Waals surface area contributed by atoms with Gasteiger partial charge in [-0.05, 0) is 6.92 Å². The molecule has 0 aliphatic rings. The molecule has 0 aromatic carbocycles. The summed E-state index contributed by atoms with van der Waals surface area (Å²) in [5.41, 5.74) is 0. The number of hydrogen-bond donors (Lipinski definition) is 1. The van der Waals surface area contributed by atoms with E-state index < -0.39 is 0 Å². The molecule has 0 amide bonds. The van der Waals surface area contributed by atoms with Crippen LogP contribution in [0.4, 0.5) is 0 Å². The van der Waals surface area contributed by atoms with Crippen LogP contribution in [-0.4, -0.2) is 0 Å². The van der Waals surface area contributed by atoms with Crippen molar-refractivity contribution in [2.45, 2.75) is 20.8 Å². The molecule has 0 rings (SSSR count). The zero-order valence-electron chi connectivity index (χ0n) is 4.99. The smallest absolute Gasteiger partial charge is 0.0473 e. The molecule has 0 radical (unpaired) electrons. The highest BCUT2D eigenvalue weighted by Gasteiger charge is 1.15. The molecular formula is C5H15N.